The van der Waals surface area contributed by atoms with Crippen LogP contribution in [0.5, 0.6) is 0 Å². The van der Waals surface area contributed by atoms with Gasteiger partial charge in [-0.25, -0.2) is 13.8 Å². The van der Waals surface area contributed by atoms with Crippen molar-refractivity contribution in [2.75, 3.05) is 5.32 Å². The topological polar surface area (TPSA) is 86.5 Å². The van der Waals surface area contributed by atoms with Gasteiger partial charge in [0.05, 0.1) is 16.6 Å². The first-order chi connectivity index (χ1) is 12.9. The van der Waals surface area contributed by atoms with Crippen molar-refractivity contribution in [3.8, 4) is 11.5 Å². The van der Waals surface area contributed by atoms with Gasteiger partial charge in [-0.1, -0.05) is 6.07 Å². The summed E-state index contributed by atoms with van der Waals surface area (Å²) in [6.45, 7) is 2.01. The summed E-state index contributed by atoms with van der Waals surface area (Å²) >= 11 is 0. The molecule has 6 nitrogen and oxygen atoms in total. The van der Waals surface area contributed by atoms with E-state index >= 15 is 0 Å². The van der Waals surface area contributed by atoms with Crippen molar-refractivity contribution in [2.24, 2.45) is 5.92 Å². The number of benzene rings is 2. The number of nitrogens with one attached hydrogen (secondary N) is 3. The first-order valence-corrected chi connectivity index (χ1v) is 8.54. The quantitative estimate of drug-likeness (QED) is 0.511. The normalized spacial score (nSPS) is 18.1. The van der Waals surface area contributed by atoms with E-state index in [0.717, 1.165) is 22.0 Å². The van der Waals surface area contributed by atoms with E-state index in [1.54, 1.807) is 18.2 Å². The van der Waals surface area contributed by atoms with Crippen molar-refractivity contribution in [3.05, 3.63) is 42.0 Å². The Bertz CT molecular complexity index is 1210. The molecular formula is C19H15F2N5O. The number of fused-ring (bicyclic) bond motifs is 2. The number of aryl methyl sites for hydroxylation is 1. The number of imidazole rings is 1. The number of amides is 1. The molecule has 0 aliphatic heterocycles. The number of alkyl halides is 2. The van der Waals surface area contributed by atoms with Crippen molar-refractivity contribution in [1.82, 2.24) is 20.2 Å². The number of H-pyrrole nitrogens is 2. The Morgan fingerprint density at radius 1 is 1.22 bits per heavy atom. The van der Waals surface area contributed by atoms with Crippen LogP contribution in [-0.4, -0.2) is 32.0 Å². The Balaban J connectivity index is 1.47. The monoisotopic (exact) mass is 367 g/mol. The molecule has 1 aliphatic carbocycles. The fourth-order valence-corrected chi connectivity index (χ4v) is 3.24. The number of nitrogens with zero attached hydrogens (tertiary/aromatic N) is 2. The number of aromatic nitrogens is 4. The number of hydrogen-bond donors (Lipinski definition) is 3. The van der Waals surface area contributed by atoms with Crippen LogP contribution in [-0.2, 0) is 4.79 Å². The predicted molar refractivity (Wildman–Crippen MR) is 97.6 cm³/mol. The van der Waals surface area contributed by atoms with Crippen LogP contribution in [0.3, 0.4) is 0 Å². The van der Waals surface area contributed by atoms with Crippen LogP contribution in [0.2, 0.25) is 0 Å². The lowest BCUT2D eigenvalue weighted by Gasteiger charge is -2.04. The maximum atomic E-state index is 13.0. The zero-order valence-corrected chi connectivity index (χ0v) is 14.3. The molecule has 1 aliphatic rings. The summed E-state index contributed by atoms with van der Waals surface area (Å²) in [5, 5.41) is 10.6. The van der Waals surface area contributed by atoms with E-state index in [1.165, 1.54) is 0 Å². The molecule has 3 N–H and O–H groups in total. The number of aromatic amines is 2. The van der Waals surface area contributed by atoms with E-state index in [1.807, 2.05) is 25.1 Å². The van der Waals surface area contributed by atoms with Crippen molar-refractivity contribution in [2.45, 2.75) is 19.3 Å². The Labute approximate surface area is 152 Å². The van der Waals surface area contributed by atoms with Gasteiger partial charge < -0.3 is 10.3 Å². The van der Waals surface area contributed by atoms with Crippen LogP contribution >= 0.6 is 0 Å². The Hall–Kier alpha value is -3.29. The van der Waals surface area contributed by atoms with E-state index < -0.39 is 17.7 Å². The lowest BCUT2D eigenvalue weighted by molar-refractivity contribution is -0.119. The first kappa shape index (κ1) is 15.9. The maximum absolute atomic E-state index is 13.0. The standard InChI is InChI=1S/C19H15F2N5O/c1-9-2-5-13-15(6-9)24-17(23-13)16-11-4-3-10(7-14(11)25-26-16)22-18(27)12-8-19(12,20)21/h2-7,12H,8H2,1H3,(H,22,27)(H,23,24)(H,25,26). The summed E-state index contributed by atoms with van der Waals surface area (Å²) in [6, 6.07) is 11.1. The number of halogens is 2. The van der Waals surface area contributed by atoms with Gasteiger partial charge in [-0.3, -0.25) is 9.89 Å². The van der Waals surface area contributed by atoms with Gasteiger partial charge in [0.15, 0.2) is 5.82 Å². The third-order valence-corrected chi connectivity index (χ3v) is 4.83. The summed E-state index contributed by atoms with van der Waals surface area (Å²) in [7, 11) is 0. The molecular weight excluding hydrogens is 352 g/mol. The minimum Gasteiger partial charge on any atom is -0.337 e. The highest BCUT2D eigenvalue weighted by Crippen LogP contribution is 2.49. The minimum absolute atomic E-state index is 0.388. The fourth-order valence-electron chi connectivity index (χ4n) is 3.24. The molecule has 0 saturated heterocycles. The van der Waals surface area contributed by atoms with Crippen molar-refractivity contribution in [1.29, 1.82) is 0 Å². The van der Waals surface area contributed by atoms with Crippen LogP contribution in [0, 0.1) is 12.8 Å². The second-order valence-corrected chi connectivity index (χ2v) is 6.95. The van der Waals surface area contributed by atoms with Crippen molar-refractivity contribution >= 4 is 33.5 Å². The third kappa shape index (κ3) is 2.64. The van der Waals surface area contributed by atoms with E-state index in [-0.39, 0.29) is 6.42 Å². The SMILES string of the molecule is Cc1ccc2nc(-c3n[nH]c4cc(NC(=O)C5CC5(F)F)ccc34)[nH]c2c1. The number of hydrogen-bond acceptors (Lipinski definition) is 3. The third-order valence-electron chi connectivity index (χ3n) is 4.83. The van der Waals surface area contributed by atoms with Gasteiger partial charge in [-0.15, -0.1) is 0 Å². The molecule has 0 bridgehead atoms. The zero-order valence-electron chi connectivity index (χ0n) is 14.3. The van der Waals surface area contributed by atoms with Gasteiger partial charge >= 0.3 is 0 Å². The maximum Gasteiger partial charge on any atom is 0.260 e. The lowest BCUT2D eigenvalue weighted by atomic mass is 10.2. The Morgan fingerprint density at radius 2 is 2.04 bits per heavy atom. The zero-order chi connectivity index (χ0) is 18.8. The number of rotatable bonds is 3. The minimum atomic E-state index is -2.88. The van der Waals surface area contributed by atoms with Crippen LogP contribution in [0.15, 0.2) is 36.4 Å². The van der Waals surface area contributed by atoms with Gasteiger partial charge in [-0.05, 0) is 42.8 Å². The molecule has 2 heterocycles. The predicted octanol–water partition coefficient (Wildman–Crippen LogP) is 4.01. The molecule has 2 aromatic heterocycles. The Kier molecular flexibility index (Phi) is 3.16. The summed E-state index contributed by atoms with van der Waals surface area (Å²) in [6.07, 6.45) is -0.388. The second kappa shape index (κ2) is 5.35. The van der Waals surface area contributed by atoms with Gasteiger partial charge in [-0.2, -0.15) is 5.10 Å². The number of carbonyl (C=O) groups is 1. The average molecular weight is 367 g/mol. The molecule has 5 rings (SSSR count). The summed E-state index contributed by atoms with van der Waals surface area (Å²) in [5.41, 5.74) is 4.70. The molecule has 136 valence electrons. The molecule has 1 saturated carbocycles. The van der Waals surface area contributed by atoms with Crippen molar-refractivity contribution < 1.29 is 13.6 Å². The van der Waals surface area contributed by atoms with Gasteiger partial charge in [0.25, 0.3) is 5.92 Å². The molecule has 2 aromatic carbocycles. The van der Waals surface area contributed by atoms with Gasteiger partial charge in [0.2, 0.25) is 5.91 Å². The lowest BCUT2D eigenvalue weighted by Crippen LogP contribution is -2.17. The summed E-state index contributed by atoms with van der Waals surface area (Å²) in [5.74, 6) is -4.14. The highest BCUT2D eigenvalue weighted by atomic mass is 19.3. The molecule has 27 heavy (non-hydrogen) atoms. The summed E-state index contributed by atoms with van der Waals surface area (Å²) < 4.78 is 26.0. The smallest absolute Gasteiger partial charge is 0.260 e. The van der Waals surface area contributed by atoms with E-state index in [0.29, 0.717) is 22.7 Å². The van der Waals surface area contributed by atoms with E-state index in [9.17, 15) is 13.6 Å². The van der Waals surface area contributed by atoms with E-state index in [4.69, 9.17) is 0 Å². The van der Waals surface area contributed by atoms with Crippen LogP contribution in [0.1, 0.15) is 12.0 Å². The molecule has 8 heteroatoms. The molecule has 0 radical (unpaired) electrons. The molecule has 1 fully saturated rings. The number of anilines is 1. The van der Waals surface area contributed by atoms with Gasteiger partial charge in [0.1, 0.15) is 11.6 Å². The molecule has 1 unspecified atom stereocenters. The second-order valence-electron chi connectivity index (χ2n) is 6.95. The van der Waals surface area contributed by atoms with E-state index in [2.05, 4.69) is 25.5 Å². The van der Waals surface area contributed by atoms with Crippen LogP contribution in [0.4, 0.5) is 14.5 Å². The van der Waals surface area contributed by atoms with Gasteiger partial charge in [0, 0.05) is 17.5 Å². The molecule has 1 amide bonds. The molecule has 4 aromatic rings. The first-order valence-electron chi connectivity index (χ1n) is 8.54. The molecule has 1 atom stereocenters. The Morgan fingerprint density at radius 3 is 2.81 bits per heavy atom. The highest BCUT2D eigenvalue weighted by Gasteiger charge is 2.61. The summed E-state index contributed by atoms with van der Waals surface area (Å²) in [4.78, 5) is 19.7. The fraction of sp³-hybridized carbons (Fsp3) is 0.211. The highest BCUT2D eigenvalue weighted by molar-refractivity contribution is 5.99. The number of carbonyl (C=O) groups excluding carboxylic acids is 1. The van der Waals surface area contributed by atoms with Crippen LogP contribution in [0.25, 0.3) is 33.5 Å². The average Bonchev–Trinajstić information content (AvgIpc) is 2.98. The molecule has 0 spiro atoms. The van der Waals surface area contributed by atoms with Crippen LogP contribution < -0.4 is 5.32 Å². The largest absolute Gasteiger partial charge is 0.337 e. The van der Waals surface area contributed by atoms with Crippen molar-refractivity contribution in [3.63, 3.8) is 0 Å².